The van der Waals surface area contributed by atoms with E-state index in [4.69, 9.17) is 9.52 Å². The van der Waals surface area contributed by atoms with Crippen LogP contribution in [-0.2, 0) is 16.1 Å². The van der Waals surface area contributed by atoms with Gasteiger partial charge >= 0.3 is 0 Å². The number of carbonyl (C=O) groups excluding carboxylic acids is 2. The summed E-state index contributed by atoms with van der Waals surface area (Å²) >= 11 is 1.21. The minimum absolute atomic E-state index is 0.0615. The first-order chi connectivity index (χ1) is 12.0. The largest absolute Gasteiger partial charge is 0.467 e. The minimum Gasteiger partial charge on any atom is -0.467 e. The van der Waals surface area contributed by atoms with Gasteiger partial charge in [-0.3, -0.25) is 14.5 Å². The molecule has 0 spiro atoms. The van der Waals surface area contributed by atoms with Crippen LogP contribution >= 0.6 is 11.8 Å². The highest BCUT2D eigenvalue weighted by Crippen LogP contribution is 2.37. The molecule has 5 nitrogen and oxygen atoms in total. The molecule has 0 saturated heterocycles. The minimum atomic E-state index is -0.340. The molecule has 1 aromatic carbocycles. The predicted molar refractivity (Wildman–Crippen MR) is 96.6 cm³/mol. The van der Waals surface area contributed by atoms with E-state index in [1.807, 2.05) is 32.0 Å². The van der Waals surface area contributed by atoms with Gasteiger partial charge in [-0.25, -0.2) is 0 Å². The highest BCUT2D eigenvalue weighted by atomic mass is 32.2. The van der Waals surface area contributed by atoms with Crippen LogP contribution in [0.25, 0.3) is 5.57 Å². The number of hydrogen-bond donors (Lipinski definition) is 1. The second-order valence-electron chi connectivity index (χ2n) is 5.85. The zero-order chi connectivity index (χ0) is 18.0. The predicted octanol–water partition coefficient (Wildman–Crippen LogP) is 2.90. The molecule has 0 atom stereocenters. The maximum Gasteiger partial charge on any atom is 0.268 e. The van der Waals surface area contributed by atoms with Crippen molar-refractivity contribution in [2.75, 3.05) is 12.4 Å². The lowest BCUT2D eigenvalue weighted by atomic mass is 10.0. The Hall–Kier alpha value is -2.31. The topological polar surface area (TPSA) is 70.8 Å². The van der Waals surface area contributed by atoms with Crippen molar-refractivity contribution < 1.29 is 19.1 Å². The van der Waals surface area contributed by atoms with E-state index in [9.17, 15) is 9.59 Å². The van der Waals surface area contributed by atoms with Gasteiger partial charge in [-0.1, -0.05) is 18.2 Å². The van der Waals surface area contributed by atoms with Gasteiger partial charge < -0.3 is 9.52 Å². The lowest BCUT2D eigenvalue weighted by molar-refractivity contribution is -0.137. The summed E-state index contributed by atoms with van der Waals surface area (Å²) in [5, 5.41) is 9.12. The molecule has 1 aliphatic rings. The molecule has 1 aromatic heterocycles. The lowest BCUT2D eigenvalue weighted by Gasteiger charge is -2.13. The molecule has 3 rings (SSSR count). The second kappa shape index (κ2) is 7.29. The van der Waals surface area contributed by atoms with Crippen molar-refractivity contribution in [2.45, 2.75) is 20.4 Å². The molecule has 2 heterocycles. The quantitative estimate of drug-likeness (QED) is 0.805. The van der Waals surface area contributed by atoms with Crippen molar-refractivity contribution in [2.24, 2.45) is 0 Å². The van der Waals surface area contributed by atoms with Gasteiger partial charge in [0.25, 0.3) is 11.8 Å². The van der Waals surface area contributed by atoms with Crippen LogP contribution in [0, 0.1) is 13.8 Å². The molecule has 0 fully saturated rings. The second-order valence-corrected chi connectivity index (χ2v) is 6.96. The zero-order valence-electron chi connectivity index (χ0n) is 14.1. The Kier molecular flexibility index (Phi) is 5.11. The maximum absolute atomic E-state index is 12.9. The number of aliphatic hydroxyl groups excluding tert-OH is 1. The molecule has 130 valence electrons. The molecule has 0 unspecified atom stereocenters. The average Bonchev–Trinajstić information content (AvgIpc) is 3.18. The monoisotopic (exact) mass is 357 g/mol. The number of furan rings is 1. The van der Waals surface area contributed by atoms with E-state index in [0.29, 0.717) is 22.0 Å². The standard InChI is InChI=1S/C19H19NO4S/c1-12-5-6-14(10-13(12)2)16-17(25-9-7-21)19(23)20(18(16)22)11-15-4-3-8-24-15/h3-6,8,10,21H,7,9,11H2,1-2H3. The van der Waals surface area contributed by atoms with E-state index >= 15 is 0 Å². The van der Waals surface area contributed by atoms with Crippen LogP contribution in [0.4, 0.5) is 0 Å². The number of amides is 2. The third-order valence-corrected chi connectivity index (χ3v) is 5.21. The summed E-state index contributed by atoms with van der Waals surface area (Å²) in [4.78, 5) is 27.3. The van der Waals surface area contributed by atoms with Gasteiger partial charge in [0.15, 0.2) is 0 Å². The van der Waals surface area contributed by atoms with Crippen LogP contribution in [0.1, 0.15) is 22.5 Å². The highest BCUT2D eigenvalue weighted by Gasteiger charge is 2.39. The number of thioether (sulfide) groups is 1. The molecular formula is C19H19NO4S. The SMILES string of the molecule is Cc1ccc(C2=C(SCCO)C(=O)N(Cc3ccco3)C2=O)cc1C. The van der Waals surface area contributed by atoms with Crippen LogP contribution in [0.2, 0.25) is 0 Å². The van der Waals surface area contributed by atoms with Crippen molar-refractivity contribution in [3.8, 4) is 0 Å². The molecule has 2 aromatic rings. The number of hydrogen-bond acceptors (Lipinski definition) is 5. The van der Waals surface area contributed by atoms with Crippen LogP contribution in [0.5, 0.6) is 0 Å². The smallest absolute Gasteiger partial charge is 0.268 e. The third kappa shape index (κ3) is 3.41. The first-order valence-electron chi connectivity index (χ1n) is 7.97. The number of nitrogens with zero attached hydrogens (tertiary/aromatic N) is 1. The summed E-state index contributed by atoms with van der Waals surface area (Å²) < 4.78 is 5.27. The van der Waals surface area contributed by atoms with E-state index < -0.39 is 0 Å². The van der Waals surface area contributed by atoms with E-state index in [0.717, 1.165) is 16.7 Å². The Morgan fingerprint density at radius 2 is 1.92 bits per heavy atom. The van der Waals surface area contributed by atoms with Crippen LogP contribution in [-0.4, -0.2) is 34.2 Å². The molecule has 1 N–H and O–H groups in total. The summed E-state index contributed by atoms with van der Waals surface area (Å²) in [6.45, 7) is 4.01. The summed E-state index contributed by atoms with van der Waals surface area (Å²) in [6, 6.07) is 9.18. The van der Waals surface area contributed by atoms with Crippen molar-refractivity contribution >= 4 is 29.1 Å². The Morgan fingerprint density at radius 1 is 1.12 bits per heavy atom. The van der Waals surface area contributed by atoms with Gasteiger partial charge in [-0.15, -0.1) is 11.8 Å². The Labute approximate surface area is 150 Å². The van der Waals surface area contributed by atoms with E-state index in [-0.39, 0.29) is 25.0 Å². The van der Waals surface area contributed by atoms with Crippen molar-refractivity contribution in [3.05, 3.63) is 64.0 Å². The van der Waals surface area contributed by atoms with Crippen LogP contribution in [0.15, 0.2) is 45.9 Å². The van der Waals surface area contributed by atoms with Gasteiger partial charge in [-0.2, -0.15) is 0 Å². The Morgan fingerprint density at radius 3 is 2.56 bits per heavy atom. The van der Waals surface area contributed by atoms with E-state index in [1.165, 1.54) is 22.9 Å². The fourth-order valence-corrected chi connectivity index (χ4v) is 3.57. The summed E-state index contributed by atoms with van der Waals surface area (Å²) in [5.74, 6) is 0.241. The number of aliphatic hydroxyl groups is 1. The molecular weight excluding hydrogens is 338 g/mol. The third-order valence-electron chi connectivity index (χ3n) is 4.15. The fourth-order valence-electron chi connectivity index (χ4n) is 2.69. The highest BCUT2D eigenvalue weighted by molar-refractivity contribution is 8.04. The van der Waals surface area contributed by atoms with Crippen molar-refractivity contribution in [3.63, 3.8) is 0 Å². The molecule has 0 radical (unpaired) electrons. The lowest BCUT2D eigenvalue weighted by Crippen LogP contribution is -2.30. The van der Waals surface area contributed by atoms with Crippen molar-refractivity contribution in [1.29, 1.82) is 0 Å². The van der Waals surface area contributed by atoms with Gasteiger partial charge in [0, 0.05) is 5.75 Å². The zero-order valence-corrected chi connectivity index (χ0v) is 14.9. The number of imide groups is 1. The number of aryl methyl sites for hydroxylation is 2. The first kappa shape index (κ1) is 17.5. The van der Waals surface area contributed by atoms with Crippen LogP contribution < -0.4 is 0 Å². The normalized spacial score (nSPS) is 14.8. The Balaban J connectivity index is 2.00. The maximum atomic E-state index is 12.9. The van der Waals surface area contributed by atoms with Crippen molar-refractivity contribution in [1.82, 2.24) is 4.90 Å². The molecule has 6 heteroatoms. The van der Waals surface area contributed by atoms with Gasteiger partial charge in [0.2, 0.25) is 0 Å². The summed E-state index contributed by atoms with van der Waals surface area (Å²) in [6.07, 6.45) is 1.51. The summed E-state index contributed by atoms with van der Waals surface area (Å²) in [5.41, 5.74) is 3.31. The number of carbonyl (C=O) groups is 2. The van der Waals surface area contributed by atoms with E-state index in [2.05, 4.69) is 0 Å². The van der Waals surface area contributed by atoms with Gasteiger partial charge in [0.1, 0.15) is 5.76 Å². The van der Waals surface area contributed by atoms with Crippen LogP contribution in [0.3, 0.4) is 0 Å². The van der Waals surface area contributed by atoms with E-state index in [1.54, 1.807) is 12.1 Å². The molecule has 0 aliphatic carbocycles. The molecule has 25 heavy (non-hydrogen) atoms. The Bertz CT molecular complexity index is 839. The molecule has 1 aliphatic heterocycles. The molecule has 0 bridgehead atoms. The number of benzene rings is 1. The molecule has 2 amide bonds. The number of rotatable bonds is 6. The molecule has 0 saturated carbocycles. The first-order valence-corrected chi connectivity index (χ1v) is 8.95. The average molecular weight is 357 g/mol. The van der Waals surface area contributed by atoms with Gasteiger partial charge in [-0.05, 0) is 42.7 Å². The van der Waals surface area contributed by atoms with Gasteiger partial charge in [0.05, 0.1) is 29.9 Å². The summed E-state index contributed by atoms with van der Waals surface area (Å²) in [7, 11) is 0. The fraction of sp³-hybridized carbons (Fsp3) is 0.263.